The van der Waals surface area contributed by atoms with Gasteiger partial charge in [-0.2, -0.15) is 0 Å². The molecule has 38 heavy (non-hydrogen) atoms. The number of carbonyl (C=O) groups excluding carboxylic acids is 2. The van der Waals surface area contributed by atoms with Crippen LogP contribution >= 0.6 is 0 Å². The Kier molecular flexibility index (Phi) is 9.45. The molecule has 0 atom stereocenters. The standard InChI is InChI=1S/C30H39N3O5/c1-19(2)16-33(17-20(3)4)30(35)24(13-22-18-32(5)25-12-10-9-11-23(22)25)31-29(34)21-14-26(36-6)28(38-8)27(15-21)37-7/h9-15,18-20H,16-17H2,1-8H3,(H,31,34)/b24-13-. The van der Waals surface area contributed by atoms with Crippen LogP contribution in [-0.4, -0.2) is 55.7 Å². The van der Waals surface area contributed by atoms with E-state index in [1.165, 1.54) is 21.3 Å². The van der Waals surface area contributed by atoms with E-state index in [0.29, 0.717) is 30.3 Å². The Hall–Kier alpha value is -3.94. The second kappa shape index (κ2) is 12.5. The number of amides is 2. The number of hydrogen-bond donors (Lipinski definition) is 1. The number of aryl methyl sites for hydroxylation is 1. The lowest BCUT2D eigenvalue weighted by Gasteiger charge is -2.27. The van der Waals surface area contributed by atoms with Gasteiger partial charge in [-0.05, 0) is 36.1 Å². The molecule has 0 bridgehead atoms. The van der Waals surface area contributed by atoms with Crippen LogP contribution in [-0.2, 0) is 11.8 Å². The molecule has 8 heteroatoms. The first-order chi connectivity index (χ1) is 18.1. The van der Waals surface area contributed by atoms with Crippen molar-refractivity contribution in [3.05, 3.63) is 59.4 Å². The highest BCUT2D eigenvalue weighted by molar-refractivity contribution is 6.07. The summed E-state index contributed by atoms with van der Waals surface area (Å²) in [5, 5.41) is 3.88. The molecule has 0 fully saturated rings. The second-order valence-corrected chi connectivity index (χ2v) is 10.1. The van der Waals surface area contributed by atoms with Crippen molar-refractivity contribution in [1.29, 1.82) is 0 Å². The van der Waals surface area contributed by atoms with E-state index in [0.717, 1.165) is 16.5 Å². The quantitative estimate of drug-likeness (QED) is 0.355. The largest absolute Gasteiger partial charge is 0.493 e. The summed E-state index contributed by atoms with van der Waals surface area (Å²) in [5.41, 5.74) is 2.34. The Morgan fingerprint density at radius 2 is 1.53 bits per heavy atom. The molecule has 204 valence electrons. The van der Waals surface area contributed by atoms with Crippen molar-refractivity contribution < 1.29 is 23.8 Å². The number of carbonyl (C=O) groups is 2. The molecule has 0 aliphatic heterocycles. The van der Waals surface area contributed by atoms with E-state index >= 15 is 0 Å². The van der Waals surface area contributed by atoms with Gasteiger partial charge in [0.1, 0.15) is 5.70 Å². The molecule has 0 unspecified atom stereocenters. The summed E-state index contributed by atoms with van der Waals surface area (Å²) in [6, 6.07) is 11.1. The number of nitrogens with one attached hydrogen (secondary N) is 1. The zero-order valence-corrected chi connectivity index (χ0v) is 23.6. The van der Waals surface area contributed by atoms with E-state index < -0.39 is 5.91 Å². The number of benzene rings is 2. The summed E-state index contributed by atoms with van der Waals surface area (Å²) in [5.74, 6) is 0.923. The molecule has 2 amide bonds. The smallest absolute Gasteiger partial charge is 0.270 e. The first-order valence-corrected chi connectivity index (χ1v) is 12.8. The summed E-state index contributed by atoms with van der Waals surface area (Å²) in [7, 11) is 6.44. The average Bonchev–Trinajstić information content (AvgIpc) is 3.20. The van der Waals surface area contributed by atoms with Crippen molar-refractivity contribution in [2.45, 2.75) is 27.7 Å². The molecule has 8 nitrogen and oxygen atoms in total. The molecular weight excluding hydrogens is 482 g/mol. The van der Waals surface area contributed by atoms with Gasteiger partial charge >= 0.3 is 0 Å². The van der Waals surface area contributed by atoms with Gasteiger partial charge in [0.25, 0.3) is 11.8 Å². The Balaban J connectivity index is 2.10. The maximum absolute atomic E-state index is 13.9. The van der Waals surface area contributed by atoms with E-state index in [4.69, 9.17) is 14.2 Å². The Bertz CT molecular complexity index is 1290. The molecule has 1 aromatic heterocycles. The van der Waals surface area contributed by atoms with Crippen molar-refractivity contribution in [3.8, 4) is 17.2 Å². The number of aromatic nitrogens is 1. The minimum atomic E-state index is -0.460. The van der Waals surface area contributed by atoms with Gasteiger partial charge < -0.3 is 29.0 Å². The number of methoxy groups -OCH3 is 3. The SMILES string of the molecule is COc1cc(C(=O)N/C(=C\c2cn(C)c3ccccc23)C(=O)N(CC(C)C)CC(C)C)cc(OC)c1OC. The van der Waals surface area contributed by atoms with Crippen LogP contribution in [0.3, 0.4) is 0 Å². The fourth-order valence-corrected chi connectivity index (χ4v) is 4.49. The third-order valence-corrected chi connectivity index (χ3v) is 6.09. The lowest BCUT2D eigenvalue weighted by atomic mass is 10.1. The van der Waals surface area contributed by atoms with E-state index in [1.807, 2.05) is 47.0 Å². The number of para-hydroxylation sites is 1. The lowest BCUT2D eigenvalue weighted by molar-refractivity contribution is -0.128. The molecule has 0 aliphatic rings. The van der Waals surface area contributed by atoms with E-state index in [1.54, 1.807) is 18.2 Å². The van der Waals surface area contributed by atoms with Crippen LogP contribution in [0, 0.1) is 11.8 Å². The minimum Gasteiger partial charge on any atom is -0.493 e. The van der Waals surface area contributed by atoms with Crippen molar-refractivity contribution in [2.24, 2.45) is 18.9 Å². The highest BCUT2D eigenvalue weighted by atomic mass is 16.5. The number of nitrogens with zero attached hydrogens (tertiary/aromatic N) is 2. The van der Waals surface area contributed by atoms with Crippen LogP contribution in [0.2, 0.25) is 0 Å². The van der Waals surface area contributed by atoms with E-state index in [-0.39, 0.29) is 29.0 Å². The summed E-state index contributed by atoms with van der Waals surface area (Å²) in [6.45, 7) is 9.44. The number of rotatable bonds is 11. The molecule has 1 heterocycles. The minimum absolute atomic E-state index is 0.196. The third-order valence-electron chi connectivity index (χ3n) is 6.09. The highest BCUT2D eigenvalue weighted by Crippen LogP contribution is 2.38. The van der Waals surface area contributed by atoms with Gasteiger partial charge in [0.05, 0.1) is 21.3 Å². The van der Waals surface area contributed by atoms with E-state index in [2.05, 4.69) is 33.0 Å². The zero-order chi connectivity index (χ0) is 28.0. The molecule has 0 aliphatic carbocycles. The van der Waals surface area contributed by atoms with Crippen molar-refractivity contribution in [2.75, 3.05) is 34.4 Å². The van der Waals surface area contributed by atoms with Crippen molar-refractivity contribution in [3.63, 3.8) is 0 Å². The summed E-state index contributed by atoms with van der Waals surface area (Å²) in [4.78, 5) is 29.3. The third kappa shape index (κ3) is 6.49. The second-order valence-electron chi connectivity index (χ2n) is 10.1. The van der Waals surface area contributed by atoms with Crippen LogP contribution in [0.4, 0.5) is 0 Å². The molecule has 0 spiro atoms. The van der Waals surface area contributed by atoms with Gasteiger partial charge in [-0.15, -0.1) is 0 Å². The fraction of sp³-hybridized carbons (Fsp3) is 0.400. The molecule has 0 saturated heterocycles. The number of fused-ring (bicyclic) bond motifs is 1. The predicted octanol–water partition coefficient (Wildman–Crippen LogP) is 5.12. The van der Waals surface area contributed by atoms with Crippen LogP contribution < -0.4 is 19.5 Å². The Morgan fingerprint density at radius 1 is 0.947 bits per heavy atom. The molecule has 1 N–H and O–H groups in total. The Morgan fingerprint density at radius 3 is 2.05 bits per heavy atom. The monoisotopic (exact) mass is 521 g/mol. The summed E-state index contributed by atoms with van der Waals surface area (Å²) < 4.78 is 18.2. The highest BCUT2D eigenvalue weighted by Gasteiger charge is 2.24. The van der Waals surface area contributed by atoms with Gasteiger partial charge in [0.2, 0.25) is 5.75 Å². The van der Waals surface area contributed by atoms with Crippen molar-refractivity contribution >= 4 is 28.8 Å². The van der Waals surface area contributed by atoms with E-state index in [9.17, 15) is 9.59 Å². The normalized spacial score (nSPS) is 11.7. The van der Waals surface area contributed by atoms with Gasteiger partial charge in [-0.25, -0.2) is 0 Å². The fourth-order valence-electron chi connectivity index (χ4n) is 4.49. The summed E-state index contributed by atoms with van der Waals surface area (Å²) >= 11 is 0. The number of hydrogen-bond acceptors (Lipinski definition) is 5. The molecule has 0 radical (unpaired) electrons. The molecule has 0 saturated carbocycles. The molecule has 3 rings (SSSR count). The van der Waals surface area contributed by atoms with Gasteiger partial charge in [-0.3, -0.25) is 9.59 Å². The zero-order valence-electron chi connectivity index (χ0n) is 23.6. The topological polar surface area (TPSA) is 82.0 Å². The van der Waals surface area contributed by atoms with Crippen LogP contribution in [0.25, 0.3) is 17.0 Å². The Labute approximate surface area is 225 Å². The molecule has 3 aromatic rings. The summed E-state index contributed by atoms with van der Waals surface area (Å²) in [6.07, 6.45) is 3.72. The maximum Gasteiger partial charge on any atom is 0.270 e. The van der Waals surface area contributed by atoms with Gasteiger partial charge in [0.15, 0.2) is 11.5 Å². The van der Waals surface area contributed by atoms with Crippen LogP contribution in [0.1, 0.15) is 43.6 Å². The van der Waals surface area contributed by atoms with Crippen LogP contribution in [0.15, 0.2) is 48.3 Å². The maximum atomic E-state index is 13.9. The van der Waals surface area contributed by atoms with Gasteiger partial charge in [0, 0.05) is 48.4 Å². The number of ether oxygens (including phenoxy) is 3. The van der Waals surface area contributed by atoms with Crippen molar-refractivity contribution in [1.82, 2.24) is 14.8 Å². The first-order valence-electron chi connectivity index (χ1n) is 12.8. The molecular formula is C30H39N3O5. The van der Waals surface area contributed by atoms with Crippen LogP contribution in [0.5, 0.6) is 17.2 Å². The first kappa shape index (κ1) is 28.6. The lowest BCUT2D eigenvalue weighted by Crippen LogP contribution is -2.42. The van der Waals surface area contributed by atoms with Gasteiger partial charge in [-0.1, -0.05) is 45.9 Å². The average molecular weight is 522 g/mol. The predicted molar refractivity (Wildman–Crippen MR) is 151 cm³/mol. The molecule has 2 aromatic carbocycles.